The molecule has 1 aliphatic carbocycles. The summed E-state index contributed by atoms with van der Waals surface area (Å²) in [7, 11) is 0. The molecule has 2 aromatic rings. The van der Waals surface area contributed by atoms with E-state index in [9.17, 15) is 9.59 Å². The Morgan fingerprint density at radius 3 is 2.85 bits per heavy atom. The third-order valence-corrected chi connectivity index (χ3v) is 4.60. The van der Waals surface area contributed by atoms with Crippen molar-refractivity contribution < 1.29 is 23.4 Å². The summed E-state index contributed by atoms with van der Waals surface area (Å²) in [6.45, 7) is 3.49. The summed E-state index contributed by atoms with van der Waals surface area (Å²) in [4.78, 5) is 24.3. The van der Waals surface area contributed by atoms with Crippen molar-refractivity contribution >= 4 is 16.9 Å². The molecule has 2 aliphatic rings. The maximum Gasteiger partial charge on any atom is 0.308 e. The van der Waals surface area contributed by atoms with Crippen LogP contribution in [0.1, 0.15) is 37.3 Å². The molecule has 6 heteroatoms. The molecule has 0 bridgehead atoms. The van der Waals surface area contributed by atoms with Gasteiger partial charge in [0.2, 0.25) is 6.79 Å². The Bertz CT molecular complexity index is 1010. The summed E-state index contributed by atoms with van der Waals surface area (Å²) in [5.41, 5.74) is 1.66. The van der Waals surface area contributed by atoms with Crippen molar-refractivity contribution in [3.05, 3.63) is 63.4 Å². The van der Waals surface area contributed by atoms with Crippen molar-refractivity contribution in [1.82, 2.24) is 0 Å². The van der Waals surface area contributed by atoms with E-state index in [1.165, 1.54) is 13.2 Å². The van der Waals surface area contributed by atoms with E-state index in [4.69, 9.17) is 18.6 Å². The van der Waals surface area contributed by atoms with Crippen LogP contribution in [0.5, 0.6) is 5.75 Å². The lowest BCUT2D eigenvalue weighted by Crippen LogP contribution is -2.15. The number of carbonyl (C=O) groups is 1. The zero-order valence-corrected chi connectivity index (χ0v) is 14.5. The molecule has 26 heavy (non-hydrogen) atoms. The van der Waals surface area contributed by atoms with Gasteiger partial charge in [-0.05, 0) is 36.6 Å². The third kappa shape index (κ3) is 2.77. The number of fused-ring (bicyclic) bond motifs is 2. The van der Waals surface area contributed by atoms with Crippen molar-refractivity contribution in [3.8, 4) is 5.75 Å². The molecule has 134 valence electrons. The molecule has 0 spiro atoms. The first-order chi connectivity index (χ1) is 12.6. The molecule has 0 N–H and O–H groups in total. The standard InChI is InChI=1S/C20H18O6/c1-3-12-6-14-18(8-17(12)26-11(2)21)23-9-15(20(14)22)13-4-5-16-19(7-13)25-10-24-16/h5-9,13H,3-4,10H2,1-2H3. The van der Waals surface area contributed by atoms with E-state index in [1.807, 2.05) is 19.1 Å². The maximum atomic E-state index is 13.0. The van der Waals surface area contributed by atoms with E-state index >= 15 is 0 Å². The van der Waals surface area contributed by atoms with Crippen molar-refractivity contribution in [3.63, 3.8) is 0 Å². The highest BCUT2D eigenvalue weighted by molar-refractivity contribution is 5.81. The van der Waals surface area contributed by atoms with Gasteiger partial charge in [-0.25, -0.2) is 0 Å². The second-order valence-corrected chi connectivity index (χ2v) is 6.27. The van der Waals surface area contributed by atoms with Gasteiger partial charge in [0.25, 0.3) is 0 Å². The molecule has 4 rings (SSSR count). The molecule has 1 atom stereocenters. The number of rotatable bonds is 3. The lowest BCUT2D eigenvalue weighted by atomic mass is 9.91. The van der Waals surface area contributed by atoms with E-state index in [2.05, 4.69) is 0 Å². The maximum absolute atomic E-state index is 13.0. The first kappa shape index (κ1) is 16.4. The number of aryl methyl sites for hydroxylation is 1. The second-order valence-electron chi connectivity index (χ2n) is 6.27. The largest absolute Gasteiger partial charge is 0.464 e. The van der Waals surface area contributed by atoms with Gasteiger partial charge in [-0.1, -0.05) is 6.92 Å². The van der Waals surface area contributed by atoms with Crippen molar-refractivity contribution in [2.75, 3.05) is 6.79 Å². The first-order valence-corrected chi connectivity index (χ1v) is 8.51. The number of esters is 1. The molecule has 0 saturated carbocycles. The molecule has 1 aromatic carbocycles. The normalized spacial score (nSPS) is 18.5. The lowest BCUT2D eigenvalue weighted by molar-refractivity contribution is -0.131. The predicted octanol–water partition coefficient (Wildman–Crippen LogP) is 3.54. The molecule has 1 aromatic heterocycles. The van der Waals surface area contributed by atoms with Crippen LogP contribution < -0.4 is 10.2 Å². The summed E-state index contributed by atoms with van der Waals surface area (Å²) in [6.07, 6.45) is 6.58. The number of allylic oxidation sites excluding steroid dienone is 2. The van der Waals surface area contributed by atoms with Gasteiger partial charge in [0.1, 0.15) is 11.3 Å². The second kappa shape index (κ2) is 6.37. The SMILES string of the molecule is CCc1cc2c(=O)c(C3C=C4OCOC4=CC3)coc2cc1OC(C)=O. The first-order valence-electron chi connectivity index (χ1n) is 8.51. The van der Waals surface area contributed by atoms with Crippen molar-refractivity contribution in [1.29, 1.82) is 0 Å². The summed E-state index contributed by atoms with van der Waals surface area (Å²) in [6, 6.07) is 3.35. The van der Waals surface area contributed by atoms with Gasteiger partial charge in [-0.15, -0.1) is 0 Å². The highest BCUT2D eigenvalue weighted by Gasteiger charge is 2.26. The Labute approximate surface area is 149 Å². The van der Waals surface area contributed by atoms with E-state index in [0.717, 1.165) is 11.3 Å². The number of hydrogen-bond donors (Lipinski definition) is 0. The Morgan fingerprint density at radius 1 is 1.27 bits per heavy atom. The van der Waals surface area contributed by atoms with Crippen molar-refractivity contribution in [2.45, 2.75) is 32.6 Å². The molecule has 1 saturated heterocycles. The van der Waals surface area contributed by atoms with Crippen LogP contribution in [0.25, 0.3) is 11.0 Å². The molecular weight excluding hydrogens is 336 g/mol. The van der Waals surface area contributed by atoms with Crippen LogP contribution in [0.2, 0.25) is 0 Å². The van der Waals surface area contributed by atoms with Gasteiger partial charge in [-0.2, -0.15) is 0 Å². The zero-order valence-electron chi connectivity index (χ0n) is 14.5. The molecule has 0 amide bonds. The number of ether oxygens (including phenoxy) is 3. The molecule has 2 heterocycles. The molecule has 6 nitrogen and oxygen atoms in total. The summed E-state index contributed by atoms with van der Waals surface area (Å²) >= 11 is 0. The monoisotopic (exact) mass is 354 g/mol. The van der Waals surface area contributed by atoms with Gasteiger partial charge in [0, 0.05) is 24.5 Å². The summed E-state index contributed by atoms with van der Waals surface area (Å²) < 4.78 is 21.7. The van der Waals surface area contributed by atoms with Crippen LogP contribution in [0.4, 0.5) is 0 Å². The van der Waals surface area contributed by atoms with Gasteiger partial charge < -0.3 is 18.6 Å². The minimum atomic E-state index is -0.409. The van der Waals surface area contributed by atoms with E-state index < -0.39 is 5.97 Å². The van der Waals surface area contributed by atoms with Crippen LogP contribution in [-0.4, -0.2) is 12.8 Å². The van der Waals surface area contributed by atoms with E-state index in [1.54, 1.807) is 12.1 Å². The van der Waals surface area contributed by atoms with E-state index in [-0.39, 0.29) is 18.1 Å². The zero-order chi connectivity index (χ0) is 18.3. The lowest BCUT2D eigenvalue weighted by Gasteiger charge is -2.16. The highest BCUT2D eigenvalue weighted by atomic mass is 16.7. The topological polar surface area (TPSA) is 75.0 Å². The number of benzene rings is 1. The van der Waals surface area contributed by atoms with Crippen LogP contribution in [0, 0.1) is 0 Å². The Kier molecular flexibility index (Phi) is 4.03. The summed E-state index contributed by atoms with van der Waals surface area (Å²) in [5.74, 6) is 1.28. The average molecular weight is 354 g/mol. The van der Waals surface area contributed by atoms with Crippen LogP contribution >= 0.6 is 0 Å². The Hall–Kier alpha value is -3.02. The van der Waals surface area contributed by atoms with Gasteiger partial charge in [-0.3, -0.25) is 9.59 Å². The summed E-state index contributed by atoms with van der Waals surface area (Å²) in [5, 5.41) is 0.479. The molecule has 1 unspecified atom stereocenters. The fourth-order valence-electron chi connectivity index (χ4n) is 3.29. The minimum Gasteiger partial charge on any atom is -0.464 e. The molecule has 1 fully saturated rings. The van der Waals surface area contributed by atoms with Crippen LogP contribution in [0.15, 0.2) is 51.3 Å². The Balaban J connectivity index is 1.79. The number of carbonyl (C=O) groups excluding carboxylic acids is 1. The Morgan fingerprint density at radius 2 is 2.08 bits per heavy atom. The molecular formula is C20H18O6. The fourth-order valence-corrected chi connectivity index (χ4v) is 3.29. The molecule has 1 aliphatic heterocycles. The van der Waals surface area contributed by atoms with Gasteiger partial charge in [0.15, 0.2) is 16.9 Å². The molecule has 0 radical (unpaired) electrons. The quantitative estimate of drug-likeness (QED) is 0.620. The predicted molar refractivity (Wildman–Crippen MR) is 93.7 cm³/mol. The van der Waals surface area contributed by atoms with Crippen LogP contribution in [0.3, 0.4) is 0 Å². The number of hydrogen-bond acceptors (Lipinski definition) is 6. The fraction of sp³-hybridized carbons (Fsp3) is 0.300. The van der Waals surface area contributed by atoms with Gasteiger partial charge >= 0.3 is 5.97 Å². The van der Waals surface area contributed by atoms with Gasteiger partial charge in [0.05, 0.1) is 11.6 Å². The van der Waals surface area contributed by atoms with E-state index in [0.29, 0.717) is 40.9 Å². The minimum absolute atomic E-state index is 0.0899. The average Bonchev–Trinajstić information content (AvgIpc) is 3.09. The third-order valence-electron chi connectivity index (χ3n) is 4.60. The highest BCUT2D eigenvalue weighted by Crippen LogP contribution is 2.34. The van der Waals surface area contributed by atoms with Crippen molar-refractivity contribution in [2.24, 2.45) is 0 Å². The smallest absolute Gasteiger partial charge is 0.308 e. The van der Waals surface area contributed by atoms with Crippen LogP contribution in [-0.2, 0) is 20.7 Å².